The Morgan fingerprint density at radius 2 is 1.96 bits per heavy atom. The molecule has 0 saturated carbocycles. The van der Waals surface area contributed by atoms with Gasteiger partial charge in [0, 0.05) is 11.8 Å². The minimum Gasteiger partial charge on any atom is -0.493 e. The van der Waals surface area contributed by atoms with E-state index >= 15 is 0 Å². The van der Waals surface area contributed by atoms with Crippen molar-refractivity contribution in [3.05, 3.63) is 42.0 Å². The van der Waals surface area contributed by atoms with Gasteiger partial charge in [-0.25, -0.2) is 0 Å². The lowest BCUT2D eigenvalue weighted by molar-refractivity contribution is -0.124. The fourth-order valence-corrected chi connectivity index (χ4v) is 2.70. The average molecular weight is 370 g/mol. The van der Waals surface area contributed by atoms with Gasteiger partial charge < -0.3 is 24.8 Å². The maximum Gasteiger partial charge on any atom is 0.259 e. The number of anilines is 2. The van der Waals surface area contributed by atoms with Gasteiger partial charge in [0.15, 0.2) is 11.5 Å². The molecule has 1 aliphatic rings. The Labute approximate surface area is 157 Å². The van der Waals surface area contributed by atoms with Gasteiger partial charge in [0.1, 0.15) is 12.4 Å². The summed E-state index contributed by atoms with van der Waals surface area (Å²) in [5.74, 6) is 0.880. The Balaban J connectivity index is 1.85. The smallest absolute Gasteiger partial charge is 0.259 e. The van der Waals surface area contributed by atoms with Crippen LogP contribution in [0.4, 0.5) is 11.4 Å². The molecule has 0 radical (unpaired) electrons. The Morgan fingerprint density at radius 3 is 2.67 bits per heavy atom. The fourth-order valence-electron chi connectivity index (χ4n) is 2.70. The van der Waals surface area contributed by atoms with Crippen LogP contribution in [-0.4, -0.2) is 32.6 Å². The molecule has 0 aliphatic carbocycles. The van der Waals surface area contributed by atoms with Crippen molar-refractivity contribution in [2.45, 2.75) is 13.8 Å². The standard InChI is InChI=1S/C20H22N2O5/c1-20(2)11-27-16-10-12(8-9-14(16)22-19(20)24)21-18(23)13-6-5-7-15(25-3)17(13)26-4/h5-10H,11H2,1-4H3,(H,21,23)(H,22,24). The number of carbonyl (C=O) groups is 2. The highest BCUT2D eigenvalue weighted by Crippen LogP contribution is 2.35. The zero-order chi connectivity index (χ0) is 19.6. The molecule has 3 rings (SSSR count). The maximum atomic E-state index is 12.7. The minimum absolute atomic E-state index is 0.112. The molecule has 27 heavy (non-hydrogen) atoms. The predicted molar refractivity (Wildman–Crippen MR) is 102 cm³/mol. The van der Waals surface area contributed by atoms with E-state index in [9.17, 15) is 9.59 Å². The van der Waals surface area contributed by atoms with E-state index in [1.165, 1.54) is 14.2 Å². The average Bonchev–Trinajstić information content (AvgIpc) is 2.77. The first-order valence-corrected chi connectivity index (χ1v) is 8.46. The summed E-state index contributed by atoms with van der Waals surface area (Å²) < 4.78 is 16.3. The second-order valence-corrected chi connectivity index (χ2v) is 6.83. The first kappa shape index (κ1) is 18.6. The van der Waals surface area contributed by atoms with Crippen LogP contribution in [0.15, 0.2) is 36.4 Å². The van der Waals surface area contributed by atoms with Crippen molar-refractivity contribution in [1.82, 2.24) is 0 Å². The van der Waals surface area contributed by atoms with Gasteiger partial charge in [-0.1, -0.05) is 6.07 Å². The summed E-state index contributed by atoms with van der Waals surface area (Å²) in [5, 5.41) is 5.66. The second kappa shape index (κ2) is 7.19. The van der Waals surface area contributed by atoms with Crippen molar-refractivity contribution >= 4 is 23.2 Å². The van der Waals surface area contributed by atoms with E-state index in [1.807, 2.05) is 13.8 Å². The first-order chi connectivity index (χ1) is 12.9. The number of rotatable bonds is 4. The number of ether oxygens (including phenoxy) is 3. The van der Waals surface area contributed by atoms with Crippen LogP contribution in [0.1, 0.15) is 24.2 Å². The molecule has 1 aliphatic heterocycles. The molecule has 0 unspecified atom stereocenters. The Bertz CT molecular complexity index is 892. The molecule has 0 bridgehead atoms. The Morgan fingerprint density at radius 1 is 1.19 bits per heavy atom. The largest absolute Gasteiger partial charge is 0.493 e. The number of hydrogen-bond acceptors (Lipinski definition) is 5. The van der Waals surface area contributed by atoms with Crippen LogP contribution >= 0.6 is 0 Å². The summed E-state index contributed by atoms with van der Waals surface area (Å²) >= 11 is 0. The molecular weight excluding hydrogens is 348 g/mol. The van der Waals surface area contributed by atoms with Crippen LogP contribution in [0, 0.1) is 5.41 Å². The topological polar surface area (TPSA) is 85.9 Å². The zero-order valence-electron chi connectivity index (χ0n) is 15.7. The monoisotopic (exact) mass is 370 g/mol. The summed E-state index contributed by atoms with van der Waals surface area (Å²) in [6.07, 6.45) is 0. The summed E-state index contributed by atoms with van der Waals surface area (Å²) in [7, 11) is 2.99. The summed E-state index contributed by atoms with van der Waals surface area (Å²) in [6, 6.07) is 10.2. The minimum atomic E-state index is -0.642. The quantitative estimate of drug-likeness (QED) is 0.862. The van der Waals surface area contributed by atoms with Gasteiger partial charge in [-0.15, -0.1) is 0 Å². The Kier molecular flexibility index (Phi) is 4.94. The van der Waals surface area contributed by atoms with Crippen molar-refractivity contribution in [3.63, 3.8) is 0 Å². The van der Waals surface area contributed by atoms with Gasteiger partial charge >= 0.3 is 0 Å². The van der Waals surface area contributed by atoms with E-state index in [0.29, 0.717) is 34.2 Å². The normalized spacial score (nSPS) is 14.9. The number of benzene rings is 2. The highest BCUT2D eigenvalue weighted by atomic mass is 16.5. The molecular formula is C20H22N2O5. The van der Waals surface area contributed by atoms with Crippen LogP contribution in [-0.2, 0) is 4.79 Å². The number of methoxy groups -OCH3 is 2. The lowest BCUT2D eigenvalue weighted by Crippen LogP contribution is -2.33. The Hall–Kier alpha value is -3.22. The van der Waals surface area contributed by atoms with Gasteiger partial charge in [-0.2, -0.15) is 0 Å². The fraction of sp³-hybridized carbons (Fsp3) is 0.300. The SMILES string of the molecule is COc1cccc(C(=O)Nc2ccc3c(c2)OCC(C)(C)C(=O)N3)c1OC. The highest BCUT2D eigenvalue weighted by Gasteiger charge is 2.32. The van der Waals surface area contributed by atoms with E-state index < -0.39 is 5.41 Å². The van der Waals surface area contributed by atoms with Crippen molar-refractivity contribution in [1.29, 1.82) is 0 Å². The molecule has 0 fully saturated rings. The van der Waals surface area contributed by atoms with Gasteiger partial charge in [-0.3, -0.25) is 9.59 Å². The number of fused-ring (bicyclic) bond motifs is 1. The van der Waals surface area contributed by atoms with Crippen LogP contribution < -0.4 is 24.8 Å². The first-order valence-electron chi connectivity index (χ1n) is 8.46. The number of nitrogens with one attached hydrogen (secondary N) is 2. The summed E-state index contributed by atoms with van der Waals surface area (Å²) in [4.78, 5) is 24.9. The van der Waals surface area contributed by atoms with Crippen molar-refractivity contribution in [3.8, 4) is 17.2 Å². The van der Waals surface area contributed by atoms with E-state index in [2.05, 4.69) is 10.6 Å². The van der Waals surface area contributed by atoms with Crippen molar-refractivity contribution in [2.24, 2.45) is 5.41 Å². The predicted octanol–water partition coefficient (Wildman–Crippen LogP) is 3.31. The molecule has 2 amide bonds. The van der Waals surface area contributed by atoms with Crippen molar-refractivity contribution in [2.75, 3.05) is 31.5 Å². The van der Waals surface area contributed by atoms with E-state index in [1.54, 1.807) is 36.4 Å². The van der Waals surface area contributed by atoms with Crippen LogP contribution in [0.3, 0.4) is 0 Å². The lowest BCUT2D eigenvalue weighted by atomic mass is 9.94. The lowest BCUT2D eigenvalue weighted by Gasteiger charge is -2.18. The number of hydrogen-bond donors (Lipinski definition) is 2. The molecule has 0 atom stereocenters. The molecule has 2 aromatic rings. The van der Waals surface area contributed by atoms with Gasteiger partial charge in [0.05, 0.1) is 30.9 Å². The van der Waals surface area contributed by atoms with E-state index in [4.69, 9.17) is 14.2 Å². The zero-order valence-corrected chi connectivity index (χ0v) is 15.7. The molecule has 2 aromatic carbocycles. The molecule has 1 heterocycles. The third-order valence-corrected chi connectivity index (χ3v) is 4.34. The summed E-state index contributed by atoms with van der Waals surface area (Å²) in [6.45, 7) is 3.87. The number of amides is 2. The van der Waals surface area contributed by atoms with E-state index in [-0.39, 0.29) is 18.4 Å². The van der Waals surface area contributed by atoms with Crippen LogP contribution in [0.2, 0.25) is 0 Å². The van der Waals surface area contributed by atoms with E-state index in [0.717, 1.165) is 0 Å². The molecule has 0 aromatic heterocycles. The third-order valence-electron chi connectivity index (χ3n) is 4.34. The highest BCUT2D eigenvalue weighted by molar-refractivity contribution is 6.07. The van der Waals surface area contributed by atoms with Crippen LogP contribution in [0.25, 0.3) is 0 Å². The van der Waals surface area contributed by atoms with Crippen LogP contribution in [0.5, 0.6) is 17.2 Å². The van der Waals surface area contributed by atoms with Gasteiger partial charge in [-0.05, 0) is 38.1 Å². The van der Waals surface area contributed by atoms with Gasteiger partial charge in [0.25, 0.3) is 5.91 Å². The second-order valence-electron chi connectivity index (χ2n) is 6.83. The van der Waals surface area contributed by atoms with Crippen molar-refractivity contribution < 1.29 is 23.8 Å². The number of carbonyl (C=O) groups excluding carboxylic acids is 2. The number of para-hydroxylation sites is 1. The molecule has 0 saturated heterocycles. The summed E-state index contributed by atoms with van der Waals surface area (Å²) in [5.41, 5.74) is 0.818. The van der Waals surface area contributed by atoms with Gasteiger partial charge in [0.2, 0.25) is 5.91 Å². The molecule has 7 nitrogen and oxygen atoms in total. The maximum absolute atomic E-state index is 12.7. The molecule has 142 valence electrons. The molecule has 0 spiro atoms. The molecule has 7 heteroatoms. The third kappa shape index (κ3) is 3.67. The molecule has 2 N–H and O–H groups in total.